The van der Waals surface area contributed by atoms with Crippen LogP contribution < -0.4 is 5.32 Å². The molecule has 1 heterocycles. The molecule has 3 rings (SSSR count). The zero-order valence-electron chi connectivity index (χ0n) is 12.1. The Kier molecular flexibility index (Phi) is 3.75. The minimum Gasteiger partial charge on any atom is -0.361 e. The summed E-state index contributed by atoms with van der Waals surface area (Å²) in [6.45, 7) is 1.89. The zero-order valence-corrected chi connectivity index (χ0v) is 12.8. The number of carbonyl (C=O) groups excluding carboxylic acids is 1. The third-order valence-electron chi connectivity index (χ3n) is 3.55. The van der Waals surface area contributed by atoms with Gasteiger partial charge in [-0.2, -0.15) is 0 Å². The molecule has 0 unspecified atom stereocenters. The number of aromatic nitrogens is 1. The van der Waals surface area contributed by atoms with Gasteiger partial charge in [-0.05, 0) is 42.1 Å². The van der Waals surface area contributed by atoms with Crippen LogP contribution in [0, 0.1) is 17.0 Å². The number of amides is 1. The summed E-state index contributed by atoms with van der Waals surface area (Å²) in [5.41, 5.74) is 2.49. The van der Waals surface area contributed by atoms with Crippen molar-refractivity contribution in [1.82, 2.24) is 4.98 Å². The molecule has 0 fully saturated rings. The van der Waals surface area contributed by atoms with Crippen LogP contribution in [-0.4, -0.2) is 15.8 Å². The maximum atomic E-state index is 12.4. The summed E-state index contributed by atoms with van der Waals surface area (Å²) in [6, 6.07) is 9.50. The number of benzene rings is 2. The van der Waals surface area contributed by atoms with Crippen LogP contribution in [0.3, 0.4) is 0 Å². The smallest absolute Gasteiger partial charge is 0.270 e. The Morgan fingerprint density at radius 3 is 2.74 bits per heavy atom. The second-order valence-corrected chi connectivity index (χ2v) is 5.51. The number of carbonyl (C=O) groups is 1. The highest BCUT2D eigenvalue weighted by Gasteiger charge is 2.16. The monoisotopic (exact) mass is 329 g/mol. The predicted octanol–water partition coefficient (Wildman–Crippen LogP) is 4.29. The molecule has 0 aliphatic rings. The molecule has 2 aromatic carbocycles. The third kappa shape index (κ3) is 2.89. The molecule has 1 amide bonds. The van der Waals surface area contributed by atoms with Crippen molar-refractivity contribution >= 4 is 39.8 Å². The van der Waals surface area contributed by atoms with Crippen molar-refractivity contribution in [1.29, 1.82) is 0 Å². The molecule has 0 atom stereocenters. The minimum atomic E-state index is -0.559. The fourth-order valence-corrected chi connectivity index (χ4v) is 2.60. The first-order chi connectivity index (χ1) is 11.0. The van der Waals surface area contributed by atoms with Gasteiger partial charge in [0, 0.05) is 29.5 Å². The largest absolute Gasteiger partial charge is 0.361 e. The molecule has 0 spiro atoms. The Morgan fingerprint density at radius 1 is 1.26 bits per heavy atom. The first kappa shape index (κ1) is 15.1. The predicted molar refractivity (Wildman–Crippen MR) is 89.1 cm³/mol. The van der Waals surface area contributed by atoms with Gasteiger partial charge in [0.05, 0.1) is 15.5 Å². The summed E-state index contributed by atoms with van der Waals surface area (Å²) in [4.78, 5) is 25.6. The van der Waals surface area contributed by atoms with E-state index in [1.807, 2.05) is 31.3 Å². The van der Waals surface area contributed by atoms with E-state index in [2.05, 4.69) is 10.3 Å². The van der Waals surface area contributed by atoms with Crippen molar-refractivity contribution in [3.8, 4) is 0 Å². The van der Waals surface area contributed by atoms with E-state index in [0.717, 1.165) is 22.5 Å². The van der Waals surface area contributed by atoms with Gasteiger partial charge in [0.2, 0.25) is 0 Å². The summed E-state index contributed by atoms with van der Waals surface area (Å²) in [7, 11) is 0. The van der Waals surface area contributed by atoms with Crippen LogP contribution in [0.2, 0.25) is 5.02 Å². The SMILES string of the molecule is Cc1cc2cc[nH]c2cc1NC(=O)c1ccc([N+](=O)[O-])cc1Cl. The van der Waals surface area contributed by atoms with Crippen LogP contribution in [0.25, 0.3) is 10.9 Å². The topological polar surface area (TPSA) is 88.0 Å². The Balaban J connectivity index is 1.91. The fourth-order valence-electron chi connectivity index (χ4n) is 2.34. The number of nitrogens with one attached hydrogen (secondary N) is 2. The van der Waals surface area contributed by atoms with Crippen molar-refractivity contribution in [3.63, 3.8) is 0 Å². The van der Waals surface area contributed by atoms with Crippen LogP contribution in [0.5, 0.6) is 0 Å². The van der Waals surface area contributed by atoms with Crippen molar-refractivity contribution in [2.75, 3.05) is 5.32 Å². The number of hydrogen-bond acceptors (Lipinski definition) is 3. The van der Waals surface area contributed by atoms with E-state index in [1.54, 1.807) is 0 Å². The van der Waals surface area contributed by atoms with Crippen molar-refractivity contribution < 1.29 is 9.72 Å². The van der Waals surface area contributed by atoms with Crippen LogP contribution in [0.15, 0.2) is 42.6 Å². The van der Waals surface area contributed by atoms with Gasteiger partial charge in [-0.3, -0.25) is 14.9 Å². The Morgan fingerprint density at radius 2 is 2.04 bits per heavy atom. The number of aryl methyl sites for hydroxylation is 1. The van der Waals surface area contributed by atoms with E-state index in [9.17, 15) is 14.9 Å². The van der Waals surface area contributed by atoms with Gasteiger partial charge in [0.1, 0.15) is 0 Å². The number of nitro benzene ring substituents is 1. The lowest BCUT2D eigenvalue weighted by molar-refractivity contribution is -0.384. The van der Waals surface area contributed by atoms with Gasteiger partial charge in [0.15, 0.2) is 0 Å². The summed E-state index contributed by atoms with van der Waals surface area (Å²) in [5.74, 6) is -0.418. The molecular formula is C16H12ClN3O3. The average molecular weight is 330 g/mol. The Bertz CT molecular complexity index is 933. The first-order valence-electron chi connectivity index (χ1n) is 6.79. The number of anilines is 1. The lowest BCUT2D eigenvalue weighted by atomic mass is 10.1. The number of aromatic amines is 1. The maximum Gasteiger partial charge on any atom is 0.270 e. The van der Waals surface area contributed by atoms with Crippen LogP contribution in [-0.2, 0) is 0 Å². The number of rotatable bonds is 3. The average Bonchev–Trinajstić information content (AvgIpc) is 2.94. The van der Waals surface area contributed by atoms with Crippen LogP contribution in [0.1, 0.15) is 15.9 Å². The molecule has 1 aromatic heterocycles. The molecule has 2 N–H and O–H groups in total. The van der Waals surface area contributed by atoms with Gasteiger partial charge in [0.25, 0.3) is 11.6 Å². The molecule has 0 aliphatic carbocycles. The number of nitro groups is 1. The maximum absolute atomic E-state index is 12.4. The van der Waals surface area contributed by atoms with Gasteiger partial charge in [-0.1, -0.05) is 11.6 Å². The third-order valence-corrected chi connectivity index (χ3v) is 3.87. The van der Waals surface area contributed by atoms with Gasteiger partial charge in [-0.15, -0.1) is 0 Å². The molecule has 6 nitrogen and oxygen atoms in total. The van der Waals surface area contributed by atoms with E-state index < -0.39 is 10.8 Å². The molecular weight excluding hydrogens is 318 g/mol. The number of non-ortho nitro benzene ring substituents is 1. The zero-order chi connectivity index (χ0) is 16.6. The quantitative estimate of drug-likeness (QED) is 0.555. The van der Waals surface area contributed by atoms with Crippen molar-refractivity contribution in [2.45, 2.75) is 6.92 Å². The van der Waals surface area contributed by atoms with Crippen molar-refractivity contribution in [2.24, 2.45) is 0 Å². The van der Waals surface area contributed by atoms with E-state index in [-0.39, 0.29) is 16.3 Å². The fraction of sp³-hybridized carbons (Fsp3) is 0.0625. The highest BCUT2D eigenvalue weighted by molar-refractivity contribution is 6.34. The molecule has 0 saturated carbocycles. The van der Waals surface area contributed by atoms with Gasteiger partial charge >= 0.3 is 0 Å². The minimum absolute atomic E-state index is 0.0373. The number of halogens is 1. The van der Waals surface area contributed by atoms with Gasteiger partial charge in [-0.25, -0.2) is 0 Å². The molecule has 116 valence electrons. The standard InChI is InChI=1S/C16H12ClN3O3/c1-9-6-10-4-5-18-15(10)8-14(9)19-16(21)12-3-2-11(20(22)23)7-13(12)17/h2-8,18H,1H3,(H,19,21). The summed E-state index contributed by atoms with van der Waals surface area (Å²) >= 11 is 5.98. The van der Waals surface area contributed by atoms with E-state index in [0.29, 0.717) is 5.69 Å². The molecule has 0 bridgehead atoms. The Labute approximate surface area is 136 Å². The number of fused-ring (bicyclic) bond motifs is 1. The molecule has 23 heavy (non-hydrogen) atoms. The summed E-state index contributed by atoms with van der Waals surface area (Å²) in [5, 5.41) is 14.6. The molecule has 0 radical (unpaired) electrons. The van der Waals surface area contributed by atoms with Gasteiger partial charge < -0.3 is 10.3 Å². The van der Waals surface area contributed by atoms with Crippen LogP contribution >= 0.6 is 11.6 Å². The number of hydrogen-bond donors (Lipinski definition) is 2. The lowest BCUT2D eigenvalue weighted by Gasteiger charge is -2.10. The highest BCUT2D eigenvalue weighted by Crippen LogP contribution is 2.26. The first-order valence-corrected chi connectivity index (χ1v) is 7.16. The molecule has 0 aliphatic heterocycles. The van der Waals surface area contributed by atoms with Crippen molar-refractivity contribution in [3.05, 3.63) is 68.9 Å². The number of nitrogens with zero attached hydrogens (tertiary/aromatic N) is 1. The Hall–Kier alpha value is -2.86. The molecule has 0 saturated heterocycles. The lowest BCUT2D eigenvalue weighted by Crippen LogP contribution is -2.13. The van der Waals surface area contributed by atoms with Crippen LogP contribution in [0.4, 0.5) is 11.4 Å². The molecule has 7 heteroatoms. The summed E-state index contributed by atoms with van der Waals surface area (Å²) < 4.78 is 0. The van der Waals surface area contributed by atoms with E-state index >= 15 is 0 Å². The second kappa shape index (κ2) is 5.73. The second-order valence-electron chi connectivity index (χ2n) is 5.11. The van der Waals surface area contributed by atoms with E-state index in [1.165, 1.54) is 12.1 Å². The van der Waals surface area contributed by atoms with E-state index in [4.69, 9.17) is 11.6 Å². The summed E-state index contributed by atoms with van der Waals surface area (Å²) in [6.07, 6.45) is 1.82. The highest BCUT2D eigenvalue weighted by atomic mass is 35.5. The normalized spacial score (nSPS) is 10.7. The number of H-pyrrole nitrogens is 1. The molecule has 3 aromatic rings.